The summed E-state index contributed by atoms with van der Waals surface area (Å²) < 4.78 is 6.33. The molecule has 1 atom stereocenters. The second-order valence-corrected chi connectivity index (χ2v) is 5.57. The van der Waals surface area contributed by atoms with Crippen LogP contribution in [0.25, 0.3) is 0 Å². The summed E-state index contributed by atoms with van der Waals surface area (Å²) in [6, 6.07) is 3.37. The van der Waals surface area contributed by atoms with E-state index in [-0.39, 0.29) is 18.3 Å². The third-order valence-electron chi connectivity index (χ3n) is 3.27. The van der Waals surface area contributed by atoms with Gasteiger partial charge in [-0.05, 0) is 18.4 Å². The Kier molecular flexibility index (Phi) is 4.74. The summed E-state index contributed by atoms with van der Waals surface area (Å²) in [4.78, 5) is 24.8. The minimum atomic E-state index is -0.399. The van der Waals surface area contributed by atoms with Gasteiger partial charge in [0, 0.05) is 17.6 Å². The highest BCUT2D eigenvalue weighted by Gasteiger charge is 2.22. The first-order valence-corrected chi connectivity index (χ1v) is 7.30. The Morgan fingerprint density at radius 1 is 1.52 bits per heavy atom. The Bertz CT molecular complexity index is 634. The predicted molar refractivity (Wildman–Crippen MR) is 79.1 cm³/mol. The minimum absolute atomic E-state index is 0.0993. The molecule has 112 valence electrons. The Morgan fingerprint density at radius 3 is 2.81 bits per heavy atom. The van der Waals surface area contributed by atoms with Gasteiger partial charge in [-0.2, -0.15) is 5.10 Å². The first kappa shape index (κ1) is 15.2. The number of aromatic nitrogens is 2. The van der Waals surface area contributed by atoms with Crippen LogP contribution in [0.4, 0.5) is 0 Å². The zero-order valence-electron chi connectivity index (χ0n) is 12.1. The number of aryl methyl sites for hydroxylation is 1. The molecule has 0 aliphatic heterocycles. The highest BCUT2D eigenvalue weighted by atomic mass is 32.1. The van der Waals surface area contributed by atoms with Gasteiger partial charge in [0.1, 0.15) is 0 Å². The SMILES string of the molecule is COC(=O)CC(NC(=O)c1cnn(C)c1C)c1cccs1. The second kappa shape index (κ2) is 6.53. The van der Waals surface area contributed by atoms with E-state index >= 15 is 0 Å². The number of amides is 1. The van der Waals surface area contributed by atoms with Gasteiger partial charge in [0.05, 0.1) is 31.3 Å². The van der Waals surface area contributed by atoms with Crippen molar-refractivity contribution >= 4 is 23.2 Å². The lowest BCUT2D eigenvalue weighted by atomic mass is 10.1. The number of esters is 1. The Hall–Kier alpha value is -2.15. The van der Waals surface area contributed by atoms with Crippen molar-refractivity contribution in [3.8, 4) is 0 Å². The standard InChI is InChI=1S/C14H17N3O3S/c1-9-10(8-15-17(9)2)14(19)16-11(7-13(18)20-3)12-5-4-6-21-12/h4-6,8,11H,7H2,1-3H3,(H,16,19). The summed E-state index contributed by atoms with van der Waals surface area (Å²) in [5, 5.41) is 8.83. The zero-order valence-corrected chi connectivity index (χ0v) is 12.9. The molecule has 0 aliphatic rings. The van der Waals surface area contributed by atoms with Gasteiger partial charge >= 0.3 is 5.97 Å². The zero-order chi connectivity index (χ0) is 15.4. The van der Waals surface area contributed by atoms with Gasteiger partial charge in [-0.25, -0.2) is 0 Å². The van der Waals surface area contributed by atoms with Crippen LogP contribution < -0.4 is 5.32 Å². The molecule has 0 bridgehead atoms. The second-order valence-electron chi connectivity index (χ2n) is 4.59. The van der Waals surface area contributed by atoms with E-state index in [1.807, 2.05) is 24.4 Å². The van der Waals surface area contributed by atoms with Crippen LogP contribution in [0.15, 0.2) is 23.7 Å². The maximum absolute atomic E-state index is 12.3. The number of methoxy groups -OCH3 is 1. The monoisotopic (exact) mass is 307 g/mol. The van der Waals surface area contributed by atoms with E-state index in [2.05, 4.69) is 10.4 Å². The maximum atomic E-state index is 12.3. The van der Waals surface area contributed by atoms with Gasteiger partial charge < -0.3 is 10.1 Å². The van der Waals surface area contributed by atoms with Crippen molar-refractivity contribution in [3.05, 3.63) is 39.8 Å². The van der Waals surface area contributed by atoms with Crippen molar-refractivity contribution in [3.63, 3.8) is 0 Å². The molecule has 0 saturated carbocycles. The lowest BCUT2D eigenvalue weighted by molar-refractivity contribution is -0.141. The van der Waals surface area contributed by atoms with Crippen LogP contribution in [0.3, 0.4) is 0 Å². The molecular weight excluding hydrogens is 290 g/mol. The summed E-state index contributed by atoms with van der Waals surface area (Å²) in [5.41, 5.74) is 1.28. The summed E-state index contributed by atoms with van der Waals surface area (Å²) >= 11 is 1.49. The van der Waals surface area contributed by atoms with E-state index in [1.165, 1.54) is 24.6 Å². The molecule has 7 heteroatoms. The molecular formula is C14H17N3O3S. The van der Waals surface area contributed by atoms with E-state index in [0.29, 0.717) is 5.56 Å². The number of hydrogen-bond acceptors (Lipinski definition) is 5. The maximum Gasteiger partial charge on any atom is 0.307 e. The number of nitrogens with zero attached hydrogens (tertiary/aromatic N) is 2. The fourth-order valence-electron chi connectivity index (χ4n) is 1.92. The number of nitrogens with one attached hydrogen (secondary N) is 1. The Labute approximate surface area is 126 Å². The molecule has 0 aliphatic carbocycles. The normalized spacial score (nSPS) is 12.0. The molecule has 0 aromatic carbocycles. The third-order valence-corrected chi connectivity index (χ3v) is 4.26. The van der Waals surface area contributed by atoms with Crippen molar-refractivity contribution in [2.45, 2.75) is 19.4 Å². The van der Waals surface area contributed by atoms with Crippen molar-refractivity contribution < 1.29 is 14.3 Å². The van der Waals surface area contributed by atoms with E-state index in [4.69, 9.17) is 4.74 Å². The van der Waals surface area contributed by atoms with Gasteiger partial charge in [0.15, 0.2) is 0 Å². The lowest BCUT2D eigenvalue weighted by Gasteiger charge is -2.16. The molecule has 6 nitrogen and oxygen atoms in total. The topological polar surface area (TPSA) is 73.2 Å². The fourth-order valence-corrected chi connectivity index (χ4v) is 2.70. The van der Waals surface area contributed by atoms with Crippen LogP contribution in [0.1, 0.15) is 33.4 Å². The van der Waals surface area contributed by atoms with Gasteiger partial charge in [0.25, 0.3) is 5.91 Å². The van der Waals surface area contributed by atoms with E-state index in [0.717, 1.165) is 10.6 Å². The molecule has 1 unspecified atom stereocenters. The van der Waals surface area contributed by atoms with Gasteiger partial charge in [-0.3, -0.25) is 14.3 Å². The summed E-state index contributed by atoms with van der Waals surface area (Å²) in [5.74, 6) is -0.612. The van der Waals surface area contributed by atoms with Crippen LogP contribution in [-0.4, -0.2) is 28.8 Å². The molecule has 0 spiro atoms. The molecule has 0 radical (unpaired) electrons. The first-order chi connectivity index (χ1) is 10.0. The van der Waals surface area contributed by atoms with Crippen LogP contribution in [0.2, 0.25) is 0 Å². The lowest BCUT2D eigenvalue weighted by Crippen LogP contribution is -2.30. The molecule has 1 N–H and O–H groups in total. The Balaban J connectivity index is 2.17. The molecule has 2 aromatic rings. The number of thiophene rings is 1. The van der Waals surface area contributed by atoms with Crippen molar-refractivity contribution in [1.29, 1.82) is 0 Å². The highest BCUT2D eigenvalue weighted by molar-refractivity contribution is 7.10. The predicted octanol–water partition coefficient (Wildman–Crippen LogP) is 1.82. The molecule has 2 rings (SSSR count). The van der Waals surface area contributed by atoms with Gasteiger partial charge in [-0.15, -0.1) is 11.3 Å². The van der Waals surface area contributed by atoms with E-state index < -0.39 is 6.04 Å². The number of hydrogen-bond donors (Lipinski definition) is 1. The average molecular weight is 307 g/mol. The van der Waals surface area contributed by atoms with Crippen molar-refractivity contribution in [1.82, 2.24) is 15.1 Å². The van der Waals surface area contributed by atoms with Crippen LogP contribution in [0.5, 0.6) is 0 Å². The summed E-state index contributed by atoms with van der Waals surface area (Å²) in [6.45, 7) is 1.82. The molecule has 0 saturated heterocycles. The highest BCUT2D eigenvalue weighted by Crippen LogP contribution is 2.23. The Morgan fingerprint density at radius 2 is 2.29 bits per heavy atom. The minimum Gasteiger partial charge on any atom is -0.469 e. The van der Waals surface area contributed by atoms with Gasteiger partial charge in [-0.1, -0.05) is 6.07 Å². The first-order valence-electron chi connectivity index (χ1n) is 6.42. The van der Waals surface area contributed by atoms with Gasteiger partial charge in [0.2, 0.25) is 0 Å². The number of carbonyl (C=O) groups is 2. The average Bonchev–Trinajstić information content (AvgIpc) is 3.09. The van der Waals surface area contributed by atoms with E-state index in [1.54, 1.807) is 11.7 Å². The fraction of sp³-hybridized carbons (Fsp3) is 0.357. The number of carbonyl (C=O) groups excluding carboxylic acids is 2. The van der Waals surface area contributed by atoms with Crippen LogP contribution in [-0.2, 0) is 16.6 Å². The number of ether oxygens (including phenoxy) is 1. The smallest absolute Gasteiger partial charge is 0.307 e. The summed E-state index contributed by atoms with van der Waals surface area (Å²) in [7, 11) is 3.11. The largest absolute Gasteiger partial charge is 0.469 e. The quantitative estimate of drug-likeness (QED) is 0.855. The van der Waals surface area contributed by atoms with Crippen LogP contribution >= 0.6 is 11.3 Å². The number of rotatable bonds is 5. The van der Waals surface area contributed by atoms with Crippen molar-refractivity contribution in [2.24, 2.45) is 7.05 Å². The molecule has 1 amide bonds. The molecule has 2 aromatic heterocycles. The summed E-state index contributed by atoms with van der Waals surface area (Å²) in [6.07, 6.45) is 1.62. The third kappa shape index (κ3) is 3.49. The van der Waals surface area contributed by atoms with E-state index in [9.17, 15) is 9.59 Å². The molecule has 2 heterocycles. The van der Waals surface area contributed by atoms with Crippen molar-refractivity contribution in [2.75, 3.05) is 7.11 Å². The van der Waals surface area contributed by atoms with Crippen LogP contribution in [0, 0.1) is 6.92 Å². The molecule has 21 heavy (non-hydrogen) atoms. The molecule has 0 fully saturated rings.